The van der Waals surface area contributed by atoms with Gasteiger partial charge in [-0.05, 0) is 53.2 Å². The molecule has 110 valence electrons. The Morgan fingerprint density at radius 3 is 2.48 bits per heavy atom. The van der Waals surface area contributed by atoms with E-state index in [2.05, 4.69) is 21.2 Å². The van der Waals surface area contributed by atoms with Crippen molar-refractivity contribution in [3.05, 3.63) is 52.3 Å². The molecule has 0 spiro atoms. The lowest BCUT2D eigenvalue weighted by Crippen LogP contribution is -2.15. The normalized spacial score (nSPS) is 10.2. The zero-order chi connectivity index (χ0) is 15.4. The second-order valence-corrected chi connectivity index (χ2v) is 5.32. The second-order valence-electron chi connectivity index (χ2n) is 4.41. The summed E-state index contributed by atoms with van der Waals surface area (Å²) in [6, 6.07) is 8.32. The zero-order valence-corrected chi connectivity index (χ0v) is 13.3. The lowest BCUT2D eigenvalue weighted by molar-refractivity contribution is 0.0526. The van der Waals surface area contributed by atoms with Gasteiger partial charge in [-0.25, -0.2) is 4.79 Å². The summed E-state index contributed by atoms with van der Waals surface area (Å²) in [5.74, 6) is -0.589. The van der Waals surface area contributed by atoms with Crippen LogP contribution in [0.15, 0.2) is 41.0 Å². The highest BCUT2D eigenvalue weighted by molar-refractivity contribution is 9.10. The van der Waals surface area contributed by atoms with Crippen molar-refractivity contribution in [2.75, 3.05) is 11.9 Å². The van der Waals surface area contributed by atoms with Gasteiger partial charge in [0.25, 0.3) is 5.91 Å². The van der Waals surface area contributed by atoms with Crippen molar-refractivity contribution in [3.63, 3.8) is 0 Å². The molecule has 1 amide bonds. The van der Waals surface area contributed by atoms with Crippen molar-refractivity contribution in [2.24, 2.45) is 7.05 Å². The smallest absolute Gasteiger partial charge is 0.338 e. The molecule has 0 unspecified atom stereocenters. The largest absolute Gasteiger partial charge is 0.462 e. The number of amides is 1. The highest BCUT2D eigenvalue weighted by Gasteiger charge is 2.12. The first-order valence-electron chi connectivity index (χ1n) is 6.41. The molecule has 6 heteroatoms. The zero-order valence-electron chi connectivity index (χ0n) is 11.7. The molecule has 0 aliphatic carbocycles. The number of carbonyl (C=O) groups excluding carboxylic acids is 2. The van der Waals surface area contributed by atoms with Gasteiger partial charge < -0.3 is 14.6 Å². The summed E-state index contributed by atoms with van der Waals surface area (Å²) in [6.07, 6.45) is 1.80. The van der Waals surface area contributed by atoms with Crippen molar-refractivity contribution in [1.82, 2.24) is 4.57 Å². The van der Waals surface area contributed by atoms with Crippen molar-refractivity contribution in [2.45, 2.75) is 6.92 Å². The van der Waals surface area contributed by atoms with Crippen LogP contribution in [0.4, 0.5) is 5.69 Å². The van der Waals surface area contributed by atoms with Crippen LogP contribution < -0.4 is 5.32 Å². The first-order valence-corrected chi connectivity index (χ1v) is 7.21. The van der Waals surface area contributed by atoms with Gasteiger partial charge in [0.05, 0.1) is 12.2 Å². The molecule has 0 aliphatic rings. The number of esters is 1. The Hall–Kier alpha value is -2.08. The van der Waals surface area contributed by atoms with Crippen molar-refractivity contribution in [1.29, 1.82) is 0 Å². The van der Waals surface area contributed by atoms with Gasteiger partial charge in [-0.1, -0.05) is 0 Å². The van der Waals surface area contributed by atoms with Gasteiger partial charge in [-0.3, -0.25) is 4.79 Å². The van der Waals surface area contributed by atoms with Gasteiger partial charge in [-0.15, -0.1) is 0 Å². The van der Waals surface area contributed by atoms with E-state index < -0.39 is 0 Å². The van der Waals surface area contributed by atoms with Gasteiger partial charge in [0.15, 0.2) is 0 Å². The van der Waals surface area contributed by atoms with E-state index in [-0.39, 0.29) is 11.9 Å². The Morgan fingerprint density at radius 1 is 1.29 bits per heavy atom. The first-order chi connectivity index (χ1) is 10.0. The molecule has 0 fully saturated rings. The third-order valence-electron chi connectivity index (χ3n) is 2.86. The molecular weight excluding hydrogens is 336 g/mol. The number of hydrogen-bond donors (Lipinski definition) is 1. The number of aromatic nitrogens is 1. The maximum Gasteiger partial charge on any atom is 0.338 e. The SMILES string of the molecule is CCOC(=O)c1ccc(NC(=O)c2cc(Br)cn2C)cc1. The van der Waals surface area contributed by atoms with Crippen LogP contribution in [0.3, 0.4) is 0 Å². The maximum absolute atomic E-state index is 12.1. The Kier molecular flexibility index (Phi) is 4.80. The number of anilines is 1. The second kappa shape index (κ2) is 6.58. The van der Waals surface area contributed by atoms with Crippen LogP contribution >= 0.6 is 15.9 Å². The predicted molar refractivity (Wildman–Crippen MR) is 83.5 cm³/mol. The summed E-state index contributed by atoms with van der Waals surface area (Å²) in [5, 5.41) is 2.78. The number of carbonyl (C=O) groups is 2. The van der Waals surface area contributed by atoms with Crippen LogP contribution in [-0.2, 0) is 11.8 Å². The Bertz CT molecular complexity index is 662. The van der Waals surface area contributed by atoms with E-state index in [0.717, 1.165) is 4.47 Å². The maximum atomic E-state index is 12.1. The van der Waals surface area contributed by atoms with Crippen molar-refractivity contribution < 1.29 is 14.3 Å². The average Bonchev–Trinajstić information content (AvgIpc) is 2.79. The van der Waals surface area contributed by atoms with Crippen LogP contribution in [0.5, 0.6) is 0 Å². The van der Waals surface area contributed by atoms with Gasteiger partial charge in [0.1, 0.15) is 5.69 Å². The molecule has 0 atom stereocenters. The highest BCUT2D eigenvalue weighted by Crippen LogP contribution is 2.16. The molecule has 5 nitrogen and oxygen atoms in total. The molecule has 2 rings (SSSR count). The molecule has 1 aromatic heterocycles. The minimum atomic E-state index is -0.373. The molecule has 0 saturated carbocycles. The van der Waals surface area contributed by atoms with E-state index in [0.29, 0.717) is 23.6 Å². The molecule has 0 aliphatic heterocycles. The van der Waals surface area contributed by atoms with Crippen molar-refractivity contribution in [3.8, 4) is 0 Å². The van der Waals surface area contributed by atoms with Crippen LogP contribution in [-0.4, -0.2) is 23.1 Å². The molecule has 0 bridgehead atoms. The lowest BCUT2D eigenvalue weighted by Gasteiger charge is -2.07. The number of ether oxygens (including phenoxy) is 1. The molecule has 0 radical (unpaired) electrons. The number of hydrogen-bond acceptors (Lipinski definition) is 3. The Balaban J connectivity index is 2.08. The summed E-state index contributed by atoms with van der Waals surface area (Å²) in [4.78, 5) is 23.7. The monoisotopic (exact) mass is 350 g/mol. The number of nitrogens with one attached hydrogen (secondary N) is 1. The van der Waals surface area contributed by atoms with Gasteiger partial charge >= 0.3 is 5.97 Å². The fraction of sp³-hybridized carbons (Fsp3) is 0.200. The van der Waals surface area contributed by atoms with E-state index in [4.69, 9.17) is 4.74 Å². The van der Waals surface area contributed by atoms with E-state index in [9.17, 15) is 9.59 Å². The number of benzene rings is 1. The van der Waals surface area contributed by atoms with E-state index in [1.54, 1.807) is 55.1 Å². The van der Waals surface area contributed by atoms with Crippen LogP contribution in [0.25, 0.3) is 0 Å². The molecule has 0 saturated heterocycles. The Morgan fingerprint density at radius 2 is 1.95 bits per heavy atom. The summed E-state index contributed by atoms with van der Waals surface area (Å²) in [5.41, 5.74) is 1.61. The van der Waals surface area contributed by atoms with E-state index in [1.165, 1.54) is 0 Å². The topological polar surface area (TPSA) is 60.3 Å². The molecule has 1 heterocycles. The third kappa shape index (κ3) is 3.72. The number of aryl methyl sites for hydroxylation is 1. The molecule has 2 aromatic rings. The van der Waals surface area contributed by atoms with E-state index >= 15 is 0 Å². The van der Waals surface area contributed by atoms with Crippen LogP contribution in [0.2, 0.25) is 0 Å². The first kappa shape index (κ1) is 15.3. The number of nitrogens with zero attached hydrogens (tertiary/aromatic N) is 1. The fourth-order valence-electron chi connectivity index (χ4n) is 1.85. The van der Waals surface area contributed by atoms with Gasteiger partial charge in [-0.2, -0.15) is 0 Å². The standard InChI is InChI=1S/C15H15BrN2O3/c1-3-21-15(20)10-4-6-12(7-5-10)17-14(19)13-8-11(16)9-18(13)2/h4-9H,3H2,1-2H3,(H,17,19). The average molecular weight is 351 g/mol. The lowest BCUT2D eigenvalue weighted by atomic mass is 10.2. The van der Waals surface area contributed by atoms with Crippen molar-refractivity contribution >= 4 is 33.5 Å². The number of rotatable bonds is 4. The van der Waals surface area contributed by atoms with E-state index in [1.807, 2.05) is 0 Å². The van der Waals surface area contributed by atoms with Crippen LogP contribution in [0.1, 0.15) is 27.8 Å². The summed E-state index contributed by atoms with van der Waals surface area (Å²) < 4.78 is 7.47. The third-order valence-corrected chi connectivity index (χ3v) is 3.29. The Labute approximate surface area is 131 Å². The quantitative estimate of drug-likeness (QED) is 0.861. The minimum absolute atomic E-state index is 0.216. The molecular formula is C15H15BrN2O3. The van der Waals surface area contributed by atoms with Crippen LogP contribution in [0, 0.1) is 0 Å². The molecule has 1 aromatic carbocycles. The van der Waals surface area contributed by atoms with Gasteiger partial charge in [0, 0.05) is 23.4 Å². The molecule has 21 heavy (non-hydrogen) atoms. The molecule has 1 N–H and O–H groups in total. The highest BCUT2D eigenvalue weighted by atomic mass is 79.9. The summed E-state index contributed by atoms with van der Waals surface area (Å²) >= 11 is 3.32. The number of halogens is 1. The minimum Gasteiger partial charge on any atom is -0.462 e. The summed E-state index contributed by atoms with van der Waals surface area (Å²) in [7, 11) is 1.80. The summed E-state index contributed by atoms with van der Waals surface area (Å²) in [6.45, 7) is 2.09. The fourth-order valence-corrected chi connectivity index (χ4v) is 2.37. The van der Waals surface area contributed by atoms with Gasteiger partial charge in [0.2, 0.25) is 0 Å². The predicted octanol–water partition coefficient (Wildman–Crippen LogP) is 3.22.